The van der Waals surface area contributed by atoms with Crippen molar-refractivity contribution in [1.29, 1.82) is 0 Å². The molecule has 120 valence electrons. The van der Waals surface area contributed by atoms with Crippen LogP contribution >= 0.6 is 0 Å². The van der Waals surface area contributed by atoms with Crippen LogP contribution < -0.4 is 9.47 Å². The van der Waals surface area contributed by atoms with Crippen LogP contribution in [0.25, 0.3) is 0 Å². The van der Waals surface area contributed by atoms with E-state index in [1.165, 1.54) is 4.90 Å². The second-order valence-corrected chi connectivity index (χ2v) is 5.13. The summed E-state index contributed by atoms with van der Waals surface area (Å²) in [6.45, 7) is 2.81. The number of carbonyl (C=O) groups excluding carboxylic acids is 1. The monoisotopic (exact) mass is 307 g/mol. The summed E-state index contributed by atoms with van der Waals surface area (Å²) in [5.74, 6) is 0.0546. The van der Waals surface area contributed by atoms with E-state index in [1.54, 1.807) is 24.3 Å². The SMILES string of the molecule is CCOc1ccc(OCC(=O)N2CCCCC2C(=O)O)cc1. The minimum atomic E-state index is -0.950. The Labute approximate surface area is 129 Å². The molecule has 1 aromatic rings. The number of carboxylic acid groups (broad SMARTS) is 1. The minimum absolute atomic E-state index is 0.155. The lowest BCUT2D eigenvalue weighted by molar-refractivity contribution is -0.152. The molecule has 0 saturated carbocycles. The summed E-state index contributed by atoms with van der Waals surface area (Å²) in [4.78, 5) is 24.8. The second kappa shape index (κ2) is 7.68. The molecule has 1 atom stereocenters. The fourth-order valence-electron chi connectivity index (χ4n) is 2.51. The van der Waals surface area contributed by atoms with Gasteiger partial charge in [0.1, 0.15) is 17.5 Å². The third kappa shape index (κ3) is 4.13. The highest BCUT2D eigenvalue weighted by Crippen LogP contribution is 2.19. The van der Waals surface area contributed by atoms with Gasteiger partial charge in [0.2, 0.25) is 0 Å². The fourth-order valence-corrected chi connectivity index (χ4v) is 2.51. The Morgan fingerprint density at radius 1 is 1.18 bits per heavy atom. The van der Waals surface area contributed by atoms with E-state index in [9.17, 15) is 14.7 Å². The number of rotatable bonds is 6. The first kappa shape index (κ1) is 16.1. The van der Waals surface area contributed by atoms with Gasteiger partial charge in [0.15, 0.2) is 6.61 Å². The Balaban J connectivity index is 1.89. The first-order chi connectivity index (χ1) is 10.6. The standard InChI is InChI=1S/C16H21NO5/c1-2-21-12-6-8-13(9-7-12)22-11-15(18)17-10-4-3-5-14(17)16(19)20/h6-9,14H,2-5,10-11H2,1H3,(H,19,20). The van der Waals surface area contributed by atoms with Crippen LogP contribution in [0.4, 0.5) is 0 Å². The zero-order valence-electron chi connectivity index (χ0n) is 12.7. The molecular weight excluding hydrogens is 286 g/mol. The van der Waals surface area contributed by atoms with Crippen LogP contribution in [0.2, 0.25) is 0 Å². The van der Waals surface area contributed by atoms with E-state index in [0.29, 0.717) is 25.3 Å². The van der Waals surface area contributed by atoms with Crippen molar-refractivity contribution in [3.8, 4) is 11.5 Å². The Morgan fingerprint density at radius 2 is 1.82 bits per heavy atom. The smallest absolute Gasteiger partial charge is 0.326 e. The van der Waals surface area contributed by atoms with E-state index < -0.39 is 12.0 Å². The molecule has 1 heterocycles. The molecule has 0 bridgehead atoms. The zero-order chi connectivity index (χ0) is 15.9. The number of piperidine rings is 1. The molecule has 22 heavy (non-hydrogen) atoms. The van der Waals surface area contributed by atoms with E-state index in [4.69, 9.17) is 9.47 Å². The molecule has 1 N–H and O–H groups in total. The average molecular weight is 307 g/mol. The van der Waals surface area contributed by atoms with E-state index in [2.05, 4.69) is 0 Å². The van der Waals surface area contributed by atoms with Crippen LogP contribution in [-0.2, 0) is 9.59 Å². The van der Waals surface area contributed by atoms with Gasteiger partial charge in [0, 0.05) is 6.54 Å². The molecule has 2 rings (SSSR count). The number of hydrogen-bond donors (Lipinski definition) is 1. The van der Waals surface area contributed by atoms with Gasteiger partial charge in [-0.05, 0) is 50.5 Å². The molecule has 0 radical (unpaired) electrons. The first-order valence-corrected chi connectivity index (χ1v) is 7.49. The van der Waals surface area contributed by atoms with Crippen LogP contribution in [0.15, 0.2) is 24.3 Å². The second-order valence-electron chi connectivity index (χ2n) is 5.13. The number of hydrogen-bond acceptors (Lipinski definition) is 4. The van der Waals surface area contributed by atoms with Gasteiger partial charge < -0.3 is 19.5 Å². The minimum Gasteiger partial charge on any atom is -0.494 e. The van der Waals surface area contributed by atoms with Gasteiger partial charge in [0.05, 0.1) is 6.61 Å². The molecular formula is C16H21NO5. The molecule has 1 aliphatic rings. The molecule has 6 heteroatoms. The molecule has 1 unspecified atom stereocenters. The molecule has 6 nitrogen and oxygen atoms in total. The van der Waals surface area contributed by atoms with Crippen LogP contribution in [0.3, 0.4) is 0 Å². The number of carboxylic acids is 1. The predicted octanol–water partition coefficient (Wildman–Crippen LogP) is 1.93. The number of aliphatic carboxylic acids is 1. The lowest BCUT2D eigenvalue weighted by atomic mass is 10.0. The van der Waals surface area contributed by atoms with Crippen molar-refractivity contribution in [2.75, 3.05) is 19.8 Å². The summed E-state index contributed by atoms with van der Waals surface area (Å²) >= 11 is 0. The van der Waals surface area contributed by atoms with Crippen molar-refractivity contribution in [2.24, 2.45) is 0 Å². The van der Waals surface area contributed by atoms with E-state index in [0.717, 1.165) is 18.6 Å². The molecule has 1 fully saturated rings. The third-order valence-electron chi connectivity index (χ3n) is 3.61. The van der Waals surface area contributed by atoms with Crippen LogP contribution in [-0.4, -0.2) is 47.7 Å². The highest BCUT2D eigenvalue weighted by Gasteiger charge is 2.31. The maximum absolute atomic E-state index is 12.2. The van der Waals surface area contributed by atoms with Gasteiger partial charge in [-0.2, -0.15) is 0 Å². The number of amides is 1. The topological polar surface area (TPSA) is 76.1 Å². The Kier molecular flexibility index (Phi) is 5.63. The third-order valence-corrected chi connectivity index (χ3v) is 3.61. The number of nitrogens with zero attached hydrogens (tertiary/aromatic N) is 1. The summed E-state index contributed by atoms with van der Waals surface area (Å²) in [5.41, 5.74) is 0. The van der Waals surface area contributed by atoms with Crippen molar-refractivity contribution >= 4 is 11.9 Å². The largest absolute Gasteiger partial charge is 0.494 e. The lowest BCUT2D eigenvalue weighted by Gasteiger charge is -2.32. The lowest BCUT2D eigenvalue weighted by Crippen LogP contribution is -2.49. The van der Waals surface area contributed by atoms with Crippen molar-refractivity contribution < 1.29 is 24.2 Å². The van der Waals surface area contributed by atoms with Crippen molar-refractivity contribution in [1.82, 2.24) is 4.90 Å². The Bertz CT molecular complexity index is 514. The molecule has 0 spiro atoms. The summed E-state index contributed by atoms with van der Waals surface area (Å²) in [7, 11) is 0. The van der Waals surface area contributed by atoms with E-state index >= 15 is 0 Å². The fraction of sp³-hybridized carbons (Fsp3) is 0.500. The summed E-state index contributed by atoms with van der Waals surface area (Å²) in [5, 5.41) is 9.18. The average Bonchev–Trinajstić information content (AvgIpc) is 2.54. The number of ether oxygens (including phenoxy) is 2. The summed E-state index contributed by atoms with van der Waals surface area (Å²) in [6, 6.07) is 6.26. The van der Waals surface area contributed by atoms with Crippen LogP contribution in [0, 0.1) is 0 Å². The highest BCUT2D eigenvalue weighted by atomic mass is 16.5. The quantitative estimate of drug-likeness (QED) is 0.869. The van der Waals surface area contributed by atoms with Crippen molar-refractivity contribution in [2.45, 2.75) is 32.2 Å². The molecule has 1 saturated heterocycles. The van der Waals surface area contributed by atoms with Crippen molar-refractivity contribution in [3.63, 3.8) is 0 Å². The molecule has 0 aliphatic carbocycles. The predicted molar refractivity (Wildman–Crippen MR) is 80.1 cm³/mol. The van der Waals surface area contributed by atoms with Gasteiger partial charge in [-0.15, -0.1) is 0 Å². The normalized spacial score (nSPS) is 17.9. The number of benzene rings is 1. The van der Waals surface area contributed by atoms with Gasteiger partial charge in [-0.1, -0.05) is 0 Å². The summed E-state index contributed by atoms with van der Waals surface area (Å²) < 4.78 is 10.8. The maximum atomic E-state index is 12.2. The zero-order valence-corrected chi connectivity index (χ0v) is 12.7. The van der Waals surface area contributed by atoms with Crippen LogP contribution in [0.5, 0.6) is 11.5 Å². The Morgan fingerprint density at radius 3 is 2.41 bits per heavy atom. The molecule has 0 aromatic heterocycles. The maximum Gasteiger partial charge on any atom is 0.326 e. The number of carbonyl (C=O) groups is 2. The highest BCUT2D eigenvalue weighted by molar-refractivity contribution is 5.84. The van der Waals surface area contributed by atoms with Gasteiger partial charge in [-0.25, -0.2) is 4.79 Å². The van der Waals surface area contributed by atoms with Crippen molar-refractivity contribution in [3.05, 3.63) is 24.3 Å². The van der Waals surface area contributed by atoms with Gasteiger partial charge in [0.25, 0.3) is 5.91 Å². The van der Waals surface area contributed by atoms with E-state index in [-0.39, 0.29) is 12.5 Å². The van der Waals surface area contributed by atoms with Gasteiger partial charge >= 0.3 is 5.97 Å². The number of likely N-dealkylation sites (tertiary alicyclic amines) is 1. The Hall–Kier alpha value is -2.24. The first-order valence-electron chi connectivity index (χ1n) is 7.49. The van der Waals surface area contributed by atoms with E-state index in [1.807, 2.05) is 6.92 Å². The molecule has 1 amide bonds. The van der Waals surface area contributed by atoms with Gasteiger partial charge in [-0.3, -0.25) is 4.79 Å². The molecule has 1 aliphatic heterocycles. The molecule has 1 aromatic carbocycles. The summed E-state index contributed by atoms with van der Waals surface area (Å²) in [6.07, 6.45) is 2.17. The van der Waals surface area contributed by atoms with Crippen LogP contribution in [0.1, 0.15) is 26.2 Å².